The van der Waals surface area contributed by atoms with Crippen LogP contribution in [0.5, 0.6) is 0 Å². The highest BCUT2D eigenvalue weighted by atomic mass is 16.5. The van der Waals surface area contributed by atoms with Gasteiger partial charge >= 0.3 is 0 Å². The molecule has 35 heavy (non-hydrogen) atoms. The highest BCUT2D eigenvalue weighted by Crippen LogP contribution is 2.36. The molecule has 0 radical (unpaired) electrons. The fourth-order valence-electron chi connectivity index (χ4n) is 5.43. The molecule has 1 aliphatic heterocycles. The van der Waals surface area contributed by atoms with Gasteiger partial charge in [0.2, 0.25) is 0 Å². The number of rotatable bonds is 9. The number of aromatic nitrogens is 1. The Balaban J connectivity index is 1.32. The molecule has 2 heterocycles. The lowest BCUT2D eigenvalue weighted by Gasteiger charge is -2.33. The van der Waals surface area contributed by atoms with E-state index in [1.807, 2.05) is 0 Å². The van der Waals surface area contributed by atoms with Crippen molar-refractivity contribution < 1.29 is 14.7 Å². The first-order chi connectivity index (χ1) is 17.2. The number of nitrogens with one attached hydrogen (secondary N) is 2. The third-order valence-electron chi connectivity index (χ3n) is 7.34. The first kappa shape index (κ1) is 23.8. The van der Waals surface area contributed by atoms with E-state index in [0.29, 0.717) is 6.04 Å². The Hall–Kier alpha value is -2.97. The van der Waals surface area contributed by atoms with Crippen molar-refractivity contribution in [1.29, 1.82) is 0 Å². The zero-order valence-electron chi connectivity index (χ0n) is 20.1. The summed E-state index contributed by atoms with van der Waals surface area (Å²) in [6, 6.07) is 15.4. The molecule has 1 saturated heterocycles. The third-order valence-corrected chi connectivity index (χ3v) is 7.34. The van der Waals surface area contributed by atoms with Crippen molar-refractivity contribution in [3.05, 3.63) is 77.0 Å². The molecule has 1 amide bonds. The lowest BCUT2D eigenvalue weighted by molar-refractivity contribution is -0.124. The van der Waals surface area contributed by atoms with Crippen LogP contribution in [0.3, 0.4) is 0 Å². The summed E-state index contributed by atoms with van der Waals surface area (Å²) >= 11 is 0. The molecular weight excluding hydrogens is 440 g/mol. The fourth-order valence-corrected chi connectivity index (χ4v) is 5.43. The number of hydrogen-bond acceptors (Lipinski definition) is 5. The number of aromatic amines is 1. The monoisotopic (exact) mass is 474 g/mol. The van der Waals surface area contributed by atoms with Crippen LogP contribution in [0.4, 0.5) is 0 Å². The van der Waals surface area contributed by atoms with Crippen molar-refractivity contribution in [1.82, 2.24) is 20.3 Å². The minimum Gasteiger partial charge on any atom is -0.379 e. The van der Waals surface area contributed by atoms with Gasteiger partial charge in [0.05, 0.1) is 13.2 Å². The topological polar surface area (TPSA) is 80.8 Å². The molecule has 2 aliphatic rings. The molecule has 1 fully saturated rings. The van der Waals surface area contributed by atoms with Crippen LogP contribution in [0.15, 0.2) is 54.7 Å². The lowest BCUT2D eigenvalue weighted by atomic mass is 10.0. The highest BCUT2D eigenvalue weighted by Gasteiger charge is 2.28. The number of amides is 1. The fraction of sp³-hybridized carbons (Fsp3) is 0.393. The van der Waals surface area contributed by atoms with Gasteiger partial charge in [-0.15, -0.1) is 0 Å². The molecule has 1 atom stereocenters. The minimum absolute atomic E-state index is 0.398. The van der Waals surface area contributed by atoms with Gasteiger partial charge in [0.1, 0.15) is 0 Å². The average molecular weight is 475 g/mol. The summed E-state index contributed by atoms with van der Waals surface area (Å²) in [5, 5.41) is 10.0. The van der Waals surface area contributed by atoms with Gasteiger partial charge in [-0.2, -0.15) is 0 Å². The number of ether oxygens (including phenoxy) is 1. The first-order valence-corrected chi connectivity index (χ1v) is 12.6. The molecule has 184 valence electrons. The first-order valence-electron chi connectivity index (χ1n) is 12.6. The van der Waals surface area contributed by atoms with E-state index in [0.717, 1.165) is 70.8 Å². The summed E-state index contributed by atoms with van der Waals surface area (Å²) in [5.41, 5.74) is 7.94. The predicted molar refractivity (Wildman–Crippen MR) is 137 cm³/mol. The van der Waals surface area contributed by atoms with Crippen LogP contribution in [0.2, 0.25) is 0 Å². The number of fused-ring (bicyclic) bond motifs is 2. The van der Waals surface area contributed by atoms with Crippen molar-refractivity contribution in [3.63, 3.8) is 0 Å². The highest BCUT2D eigenvalue weighted by molar-refractivity contribution is 5.90. The van der Waals surface area contributed by atoms with Gasteiger partial charge in [-0.05, 0) is 53.7 Å². The smallest absolute Gasteiger partial charge is 0.267 e. The Bertz CT molecular complexity index is 1180. The van der Waals surface area contributed by atoms with E-state index >= 15 is 0 Å². The van der Waals surface area contributed by atoms with Crippen LogP contribution in [-0.4, -0.2) is 71.8 Å². The largest absolute Gasteiger partial charge is 0.379 e. The number of nitrogens with zero attached hydrogens (tertiary/aromatic N) is 2. The number of carbonyl (C=O) groups is 1. The number of hydroxylamine groups is 1. The second-order valence-corrected chi connectivity index (χ2v) is 9.42. The van der Waals surface area contributed by atoms with Crippen LogP contribution in [-0.2, 0) is 22.4 Å². The number of hydrogen-bond donors (Lipinski definition) is 3. The maximum absolute atomic E-state index is 11.3. The molecule has 1 unspecified atom stereocenters. The van der Waals surface area contributed by atoms with Crippen LogP contribution in [0, 0.1) is 0 Å². The zero-order chi connectivity index (χ0) is 24.0. The molecule has 5 rings (SSSR count). The number of H-pyrrole nitrogens is 1. The number of aryl methyl sites for hydroxylation is 1. The number of carbonyl (C=O) groups excluding carboxylic acids is 1. The van der Waals surface area contributed by atoms with Crippen molar-refractivity contribution in [2.45, 2.75) is 25.3 Å². The van der Waals surface area contributed by atoms with E-state index < -0.39 is 5.91 Å². The molecule has 3 N–H and O–H groups in total. The van der Waals surface area contributed by atoms with Gasteiger partial charge < -0.3 is 9.72 Å². The summed E-state index contributed by atoms with van der Waals surface area (Å²) in [7, 11) is 0. The number of morpholine rings is 1. The van der Waals surface area contributed by atoms with Crippen LogP contribution in [0.25, 0.3) is 17.0 Å². The standard InChI is InChI=1S/C28H34N4O3/c33-28(30-34)10-6-21-5-8-25-22(19-21)7-9-27(25)32(14-13-31-15-17-35-18-16-31)12-11-23-20-29-26-4-2-1-3-24(23)26/h1-6,8,10,19-20,27,29,34H,7,9,11-18H2,(H,30,33)/b10-6+. The molecule has 0 spiro atoms. The number of benzene rings is 2. The molecule has 0 saturated carbocycles. The molecule has 3 aromatic rings. The van der Waals surface area contributed by atoms with Gasteiger partial charge in [0.15, 0.2) is 0 Å². The normalized spacial score (nSPS) is 18.5. The molecule has 2 aromatic carbocycles. The Morgan fingerprint density at radius 3 is 2.91 bits per heavy atom. The summed E-state index contributed by atoms with van der Waals surface area (Å²) in [6.45, 7) is 6.77. The van der Waals surface area contributed by atoms with E-state index in [9.17, 15) is 4.79 Å². The third kappa shape index (κ3) is 5.65. The molecular formula is C28H34N4O3. The summed E-state index contributed by atoms with van der Waals surface area (Å²) in [5.74, 6) is -0.519. The zero-order valence-corrected chi connectivity index (χ0v) is 20.1. The van der Waals surface area contributed by atoms with Crippen molar-refractivity contribution in [3.8, 4) is 0 Å². The van der Waals surface area contributed by atoms with E-state index in [-0.39, 0.29) is 0 Å². The predicted octanol–water partition coefficient (Wildman–Crippen LogP) is 3.55. The van der Waals surface area contributed by atoms with Crippen molar-refractivity contribution >= 4 is 22.9 Å². The van der Waals surface area contributed by atoms with Gasteiger partial charge in [-0.3, -0.25) is 19.8 Å². The lowest BCUT2D eigenvalue weighted by Crippen LogP contribution is -2.42. The van der Waals surface area contributed by atoms with Gasteiger partial charge in [-0.25, -0.2) is 5.48 Å². The van der Waals surface area contributed by atoms with Gasteiger partial charge in [-0.1, -0.05) is 36.4 Å². The Morgan fingerprint density at radius 2 is 2.06 bits per heavy atom. The Kier molecular flexibility index (Phi) is 7.59. The van der Waals surface area contributed by atoms with E-state index in [2.05, 4.69) is 63.4 Å². The van der Waals surface area contributed by atoms with Crippen LogP contribution in [0.1, 0.15) is 34.7 Å². The summed E-state index contributed by atoms with van der Waals surface area (Å²) in [6.07, 6.45) is 8.41. The van der Waals surface area contributed by atoms with Crippen LogP contribution < -0.4 is 5.48 Å². The van der Waals surface area contributed by atoms with E-state index in [1.165, 1.54) is 33.7 Å². The van der Waals surface area contributed by atoms with Crippen molar-refractivity contribution in [2.75, 3.05) is 45.9 Å². The van der Waals surface area contributed by atoms with Gasteiger partial charge in [0.25, 0.3) is 5.91 Å². The molecule has 1 aliphatic carbocycles. The quantitative estimate of drug-likeness (QED) is 0.251. The number of para-hydroxylation sites is 1. The molecule has 7 nitrogen and oxygen atoms in total. The van der Waals surface area contributed by atoms with Gasteiger partial charge in [0, 0.05) is 61.9 Å². The maximum atomic E-state index is 11.3. The minimum atomic E-state index is -0.519. The Labute approximate surface area is 206 Å². The second kappa shape index (κ2) is 11.2. The maximum Gasteiger partial charge on any atom is 0.267 e. The Morgan fingerprint density at radius 1 is 1.20 bits per heavy atom. The van der Waals surface area contributed by atoms with E-state index in [4.69, 9.17) is 9.94 Å². The molecule has 1 aromatic heterocycles. The van der Waals surface area contributed by atoms with Crippen LogP contribution >= 0.6 is 0 Å². The molecule has 0 bridgehead atoms. The summed E-state index contributed by atoms with van der Waals surface area (Å²) < 4.78 is 5.54. The summed E-state index contributed by atoms with van der Waals surface area (Å²) in [4.78, 5) is 19.9. The van der Waals surface area contributed by atoms with Crippen molar-refractivity contribution in [2.24, 2.45) is 0 Å². The SMILES string of the molecule is O=C(/C=C/c1ccc2c(c1)CCC2N(CCc1c[nH]c2ccccc12)CCN1CCOCC1)NO. The van der Waals surface area contributed by atoms with E-state index in [1.54, 1.807) is 11.6 Å². The second-order valence-electron chi connectivity index (χ2n) is 9.42. The average Bonchev–Trinajstić information content (AvgIpc) is 3.52. The molecule has 7 heteroatoms.